The fraction of sp³-hybridized carbons (Fsp3) is 0.938. The van der Waals surface area contributed by atoms with Crippen LogP contribution in [0.1, 0.15) is 77.6 Å². The number of carbonyl (C=O) groups is 1. The van der Waals surface area contributed by atoms with Crippen LogP contribution in [0.3, 0.4) is 0 Å². The highest BCUT2D eigenvalue weighted by atomic mass is 32.2. The van der Waals surface area contributed by atoms with Gasteiger partial charge in [-0.15, -0.1) is 0 Å². The Labute approximate surface area is 121 Å². The van der Waals surface area contributed by atoms with Crippen molar-refractivity contribution in [1.82, 2.24) is 0 Å². The summed E-state index contributed by atoms with van der Waals surface area (Å²) >= 11 is 0. The molecular weight excluding hydrogens is 256 g/mol. The predicted octanol–water partition coefficient (Wildman–Crippen LogP) is 4.38. The average Bonchev–Trinajstić information content (AvgIpc) is 2.77. The SMILES string of the molecule is CC1CCC[S+]1CCCCCCCCCCC(=O)O. The lowest BCUT2D eigenvalue weighted by Crippen LogP contribution is -2.16. The van der Waals surface area contributed by atoms with Gasteiger partial charge in [-0.25, -0.2) is 0 Å². The zero-order valence-corrected chi connectivity index (χ0v) is 13.3. The summed E-state index contributed by atoms with van der Waals surface area (Å²) in [5.74, 6) is 2.34. The lowest BCUT2D eigenvalue weighted by atomic mass is 10.1. The van der Waals surface area contributed by atoms with Gasteiger partial charge in [0.05, 0.1) is 0 Å². The van der Waals surface area contributed by atoms with Crippen molar-refractivity contribution in [2.75, 3.05) is 11.5 Å². The predicted molar refractivity (Wildman–Crippen MR) is 85.0 cm³/mol. The normalized spacial score (nSPS) is 22.8. The van der Waals surface area contributed by atoms with E-state index in [0.717, 1.165) is 29.0 Å². The van der Waals surface area contributed by atoms with Gasteiger partial charge in [0.1, 0.15) is 16.8 Å². The molecule has 0 radical (unpaired) electrons. The van der Waals surface area contributed by atoms with Crippen molar-refractivity contribution >= 4 is 16.9 Å². The zero-order valence-electron chi connectivity index (χ0n) is 12.5. The maximum Gasteiger partial charge on any atom is 0.303 e. The van der Waals surface area contributed by atoms with Crippen LogP contribution in [0.15, 0.2) is 0 Å². The van der Waals surface area contributed by atoms with Gasteiger partial charge in [-0.05, 0) is 49.9 Å². The van der Waals surface area contributed by atoms with Crippen molar-refractivity contribution in [3.05, 3.63) is 0 Å². The van der Waals surface area contributed by atoms with Crippen LogP contribution < -0.4 is 0 Å². The molecule has 0 aromatic carbocycles. The summed E-state index contributed by atoms with van der Waals surface area (Å²) in [6, 6.07) is 0. The van der Waals surface area contributed by atoms with Crippen LogP contribution in [0, 0.1) is 0 Å². The Morgan fingerprint density at radius 2 is 1.63 bits per heavy atom. The second kappa shape index (κ2) is 10.6. The van der Waals surface area contributed by atoms with Crippen molar-refractivity contribution in [2.45, 2.75) is 82.8 Å². The first-order valence-electron chi connectivity index (χ1n) is 8.08. The van der Waals surface area contributed by atoms with Gasteiger partial charge in [0, 0.05) is 6.42 Å². The number of hydrogen-bond acceptors (Lipinski definition) is 1. The Balaban J connectivity index is 1.77. The van der Waals surface area contributed by atoms with E-state index in [4.69, 9.17) is 5.11 Å². The van der Waals surface area contributed by atoms with Crippen molar-refractivity contribution in [2.24, 2.45) is 0 Å². The molecule has 0 saturated carbocycles. The molecule has 2 atom stereocenters. The van der Waals surface area contributed by atoms with Crippen molar-refractivity contribution in [1.29, 1.82) is 0 Å². The lowest BCUT2D eigenvalue weighted by Gasteiger charge is -2.06. The minimum atomic E-state index is -0.651. The van der Waals surface area contributed by atoms with Crippen LogP contribution in [-0.4, -0.2) is 27.8 Å². The highest BCUT2D eigenvalue weighted by molar-refractivity contribution is 7.97. The molecule has 19 heavy (non-hydrogen) atoms. The quantitative estimate of drug-likeness (QED) is 0.452. The number of aliphatic carboxylic acids is 1. The third-order valence-electron chi connectivity index (χ3n) is 4.13. The molecule has 2 unspecified atom stereocenters. The Morgan fingerprint density at radius 3 is 2.16 bits per heavy atom. The second-order valence-corrected chi connectivity index (χ2v) is 8.57. The maximum absolute atomic E-state index is 10.3. The number of hydrogen-bond donors (Lipinski definition) is 1. The summed E-state index contributed by atoms with van der Waals surface area (Å²) < 4.78 is 0. The molecule has 1 saturated heterocycles. The average molecular weight is 287 g/mol. The smallest absolute Gasteiger partial charge is 0.303 e. The van der Waals surface area contributed by atoms with Crippen LogP contribution in [0.5, 0.6) is 0 Å². The van der Waals surface area contributed by atoms with Crippen molar-refractivity contribution in [3.8, 4) is 0 Å². The Kier molecular flexibility index (Phi) is 9.40. The van der Waals surface area contributed by atoms with E-state index < -0.39 is 5.97 Å². The van der Waals surface area contributed by atoms with E-state index in [0.29, 0.717) is 6.42 Å². The summed E-state index contributed by atoms with van der Waals surface area (Å²) in [5, 5.41) is 9.53. The van der Waals surface area contributed by atoms with Gasteiger partial charge in [0.15, 0.2) is 0 Å². The largest absolute Gasteiger partial charge is 0.481 e. The fourth-order valence-electron chi connectivity index (χ4n) is 2.85. The van der Waals surface area contributed by atoms with Gasteiger partial charge < -0.3 is 5.11 Å². The van der Waals surface area contributed by atoms with E-state index >= 15 is 0 Å². The van der Waals surface area contributed by atoms with E-state index in [2.05, 4.69) is 6.92 Å². The minimum absolute atomic E-state index is 0.348. The highest BCUT2D eigenvalue weighted by Gasteiger charge is 2.31. The summed E-state index contributed by atoms with van der Waals surface area (Å²) in [7, 11) is 0.756. The third-order valence-corrected chi connectivity index (χ3v) is 7.13. The number of unbranched alkanes of at least 4 members (excludes halogenated alkanes) is 7. The Bertz CT molecular complexity index is 243. The molecule has 1 heterocycles. The molecule has 0 aliphatic carbocycles. The lowest BCUT2D eigenvalue weighted by molar-refractivity contribution is -0.137. The van der Waals surface area contributed by atoms with Crippen LogP contribution >= 0.6 is 0 Å². The summed E-state index contributed by atoms with van der Waals surface area (Å²) in [6.07, 6.45) is 13.3. The minimum Gasteiger partial charge on any atom is -0.481 e. The number of carboxylic acids is 1. The number of rotatable bonds is 11. The summed E-state index contributed by atoms with van der Waals surface area (Å²) in [6.45, 7) is 2.44. The molecule has 3 heteroatoms. The standard InChI is InChI=1S/C16H30O2S/c1-15-11-10-14-19(15)13-9-7-5-3-2-4-6-8-12-16(17)18/h15H,2-14H2,1H3/p+1. The van der Waals surface area contributed by atoms with Crippen LogP contribution in [0.25, 0.3) is 0 Å². The van der Waals surface area contributed by atoms with Gasteiger partial charge in [0.2, 0.25) is 0 Å². The molecular formula is C16H31O2S+. The van der Waals surface area contributed by atoms with Gasteiger partial charge in [-0.3, -0.25) is 4.79 Å². The van der Waals surface area contributed by atoms with Crippen LogP contribution in [0.2, 0.25) is 0 Å². The van der Waals surface area contributed by atoms with Gasteiger partial charge in [0.25, 0.3) is 0 Å². The number of carboxylic acid groups (broad SMARTS) is 1. The summed E-state index contributed by atoms with van der Waals surface area (Å²) in [5.41, 5.74) is 0. The summed E-state index contributed by atoms with van der Waals surface area (Å²) in [4.78, 5) is 10.3. The van der Waals surface area contributed by atoms with E-state index in [1.165, 1.54) is 62.9 Å². The highest BCUT2D eigenvalue weighted by Crippen LogP contribution is 2.23. The Hall–Kier alpha value is -0.180. The third kappa shape index (κ3) is 8.56. The molecule has 0 aromatic rings. The second-order valence-electron chi connectivity index (χ2n) is 5.87. The molecule has 0 aromatic heterocycles. The molecule has 0 spiro atoms. The van der Waals surface area contributed by atoms with Crippen LogP contribution in [-0.2, 0) is 15.7 Å². The molecule has 1 rings (SSSR count). The molecule has 1 N–H and O–H groups in total. The fourth-order valence-corrected chi connectivity index (χ4v) is 5.47. The van der Waals surface area contributed by atoms with E-state index in [9.17, 15) is 4.79 Å². The van der Waals surface area contributed by atoms with E-state index in [1.807, 2.05) is 0 Å². The first-order chi connectivity index (χ1) is 9.20. The van der Waals surface area contributed by atoms with Gasteiger partial charge >= 0.3 is 5.97 Å². The first-order valence-corrected chi connectivity index (χ1v) is 9.71. The molecule has 112 valence electrons. The monoisotopic (exact) mass is 287 g/mol. The van der Waals surface area contributed by atoms with Crippen molar-refractivity contribution < 1.29 is 9.90 Å². The zero-order chi connectivity index (χ0) is 13.9. The van der Waals surface area contributed by atoms with Crippen LogP contribution in [0.4, 0.5) is 0 Å². The molecule has 0 bridgehead atoms. The topological polar surface area (TPSA) is 37.3 Å². The molecule has 1 aliphatic rings. The van der Waals surface area contributed by atoms with Gasteiger partial charge in [-0.1, -0.05) is 32.1 Å². The Morgan fingerprint density at radius 1 is 1.05 bits per heavy atom. The van der Waals surface area contributed by atoms with E-state index in [-0.39, 0.29) is 0 Å². The molecule has 1 fully saturated rings. The molecule has 0 amide bonds. The first kappa shape index (κ1) is 16.9. The maximum atomic E-state index is 10.3. The molecule has 2 nitrogen and oxygen atoms in total. The van der Waals surface area contributed by atoms with Gasteiger partial charge in [-0.2, -0.15) is 0 Å². The van der Waals surface area contributed by atoms with Crippen molar-refractivity contribution in [3.63, 3.8) is 0 Å². The molecule has 1 aliphatic heterocycles. The van der Waals surface area contributed by atoms with E-state index in [1.54, 1.807) is 0 Å².